The van der Waals surface area contributed by atoms with E-state index in [0.29, 0.717) is 13.2 Å². The van der Waals surface area contributed by atoms with Crippen LogP contribution in [-0.4, -0.2) is 26.3 Å². The fourth-order valence-electron chi connectivity index (χ4n) is 0.452. The molecule has 0 aliphatic rings. The molecule has 0 heterocycles. The predicted molar refractivity (Wildman–Crippen MR) is 38.2 cm³/mol. The third-order valence-corrected chi connectivity index (χ3v) is 0.859. The number of nitrogens with one attached hydrogen (secondary N) is 1. The molecule has 0 atom stereocenters. The molecule has 1 N–H and O–H groups in total. The van der Waals surface area contributed by atoms with Crippen LogP contribution < -0.4 is 5.32 Å². The fourth-order valence-corrected chi connectivity index (χ4v) is 0.452. The number of hydrogen-bond donors (Lipinski definition) is 1. The molecule has 0 aliphatic carbocycles. The van der Waals surface area contributed by atoms with E-state index >= 15 is 0 Å². The van der Waals surface area contributed by atoms with Gasteiger partial charge in [0.05, 0.1) is 6.61 Å². The minimum absolute atomic E-state index is 0.422. The van der Waals surface area contributed by atoms with Crippen molar-refractivity contribution in [1.29, 1.82) is 0 Å². The summed E-state index contributed by atoms with van der Waals surface area (Å²) in [5.74, 6) is 2.39. The molecule has 9 heavy (non-hydrogen) atoms. The summed E-state index contributed by atoms with van der Waals surface area (Å²) in [6, 6.07) is 0. The van der Waals surface area contributed by atoms with Gasteiger partial charge in [-0.15, -0.1) is 6.42 Å². The van der Waals surface area contributed by atoms with E-state index in [1.54, 1.807) is 0 Å². The molecule has 52 valence electrons. The molecule has 0 aromatic heterocycles. The topological polar surface area (TPSA) is 21.3 Å². The maximum Gasteiger partial charge on any atom is 0.107 e. The molecule has 0 bridgehead atoms. The molecule has 0 aliphatic heterocycles. The van der Waals surface area contributed by atoms with Gasteiger partial charge in [0.15, 0.2) is 0 Å². The fraction of sp³-hybridized carbons (Fsp3) is 0.714. The third kappa shape index (κ3) is 7.48. The van der Waals surface area contributed by atoms with Crippen LogP contribution in [0.25, 0.3) is 0 Å². The van der Waals surface area contributed by atoms with E-state index < -0.39 is 0 Å². The second-order valence-corrected chi connectivity index (χ2v) is 1.61. The zero-order valence-corrected chi connectivity index (χ0v) is 5.81. The molecule has 0 radical (unpaired) electrons. The average Bonchev–Trinajstić information content (AvgIpc) is 1.89. The first-order valence-electron chi connectivity index (χ1n) is 3.13. The number of ether oxygens (including phenoxy) is 1. The van der Waals surface area contributed by atoms with Crippen LogP contribution >= 0.6 is 0 Å². The van der Waals surface area contributed by atoms with E-state index in [-0.39, 0.29) is 0 Å². The predicted octanol–water partition coefficient (Wildman–Crippen LogP) is 0.246. The Morgan fingerprint density at radius 1 is 1.67 bits per heavy atom. The lowest BCUT2D eigenvalue weighted by Crippen LogP contribution is -2.18. The molecular formula is C7H13NO. The van der Waals surface area contributed by atoms with Crippen molar-refractivity contribution in [1.82, 2.24) is 5.32 Å². The van der Waals surface area contributed by atoms with Crippen LogP contribution in [0.1, 0.15) is 6.92 Å². The SMILES string of the molecule is C#CCOCCNCC. The lowest BCUT2D eigenvalue weighted by molar-refractivity contribution is 0.169. The Labute approximate surface area is 56.6 Å². The van der Waals surface area contributed by atoms with Gasteiger partial charge in [-0.3, -0.25) is 0 Å². The van der Waals surface area contributed by atoms with Gasteiger partial charge < -0.3 is 10.1 Å². The van der Waals surface area contributed by atoms with Crippen LogP contribution in [0.3, 0.4) is 0 Å². The van der Waals surface area contributed by atoms with Gasteiger partial charge in [0.25, 0.3) is 0 Å². The Bertz CT molecular complexity index is 85.4. The standard InChI is InChI=1S/C7H13NO/c1-3-6-9-7-5-8-4-2/h1,8H,4-7H2,2H3. The van der Waals surface area contributed by atoms with E-state index in [0.717, 1.165) is 13.1 Å². The first-order chi connectivity index (χ1) is 4.41. The zero-order chi connectivity index (χ0) is 6.95. The monoisotopic (exact) mass is 127 g/mol. The second kappa shape index (κ2) is 7.48. The number of likely N-dealkylation sites (N-methyl/N-ethyl adjacent to an activating group) is 1. The molecule has 0 fully saturated rings. The van der Waals surface area contributed by atoms with E-state index in [1.165, 1.54) is 0 Å². The maximum atomic E-state index is 4.99. The molecule has 0 rings (SSSR count). The smallest absolute Gasteiger partial charge is 0.107 e. The van der Waals surface area contributed by atoms with Crippen molar-refractivity contribution in [2.75, 3.05) is 26.3 Å². The van der Waals surface area contributed by atoms with E-state index in [1.807, 2.05) is 0 Å². The van der Waals surface area contributed by atoms with Gasteiger partial charge in [-0.05, 0) is 6.54 Å². The first kappa shape index (κ1) is 8.48. The van der Waals surface area contributed by atoms with Crippen molar-refractivity contribution >= 4 is 0 Å². The van der Waals surface area contributed by atoms with Gasteiger partial charge in [0, 0.05) is 6.54 Å². The summed E-state index contributed by atoms with van der Waals surface area (Å²) in [5, 5.41) is 3.11. The zero-order valence-electron chi connectivity index (χ0n) is 5.81. The van der Waals surface area contributed by atoms with Crippen molar-refractivity contribution in [2.24, 2.45) is 0 Å². The van der Waals surface area contributed by atoms with Crippen molar-refractivity contribution < 1.29 is 4.74 Å². The summed E-state index contributed by atoms with van der Waals surface area (Å²) in [6.45, 7) is 5.06. The van der Waals surface area contributed by atoms with Crippen LogP contribution in [0.5, 0.6) is 0 Å². The third-order valence-electron chi connectivity index (χ3n) is 0.859. The van der Waals surface area contributed by atoms with Gasteiger partial charge in [-0.25, -0.2) is 0 Å². The summed E-state index contributed by atoms with van der Waals surface area (Å²) >= 11 is 0. The normalized spacial score (nSPS) is 8.89. The average molecular weight is 127 g/mol. The van der Waals surface area contributed by atoms with Crippen molar-refractivity contribution in [3.05, 3.63) is 0 Å². The van der Waals surface area contributed by atoms with Gasteiger partial charge in [-0.1, -0.05) is 12.8 Å². The molecule has 0 unspecified atom stereocenters. The Hall–Kier alpha value is -0.520. The lowest BCUT2D eigenvalue weighted by atomic mass is 10.6. The maximum absolute atomic E-state index is 4.99. The Morgan fingerprint density at radius 2 is 2.44 bits per heavy atom. The Balaban J connectivity index is 2.69. The number of hydrogen-bond acceptors (Lipinski definition) is 2. The quantitative estimate of drug-likeness (QED) is 0.422. The minimum Gasteiger partial charge on any atom is -0.367 e. The van der Waals surface area contributed by atoms with Gasteiger partial charge >= 0.3 is 0 Å². The van der Waals surface area contributed by atoms with E-state index in [4.69, 9.17) is 11.2 Å². The first-order valence-corrected chi connectivity index (χ1v) is 3.13. The lowest BCUT2D eigenvalue weighted by Gasteiger charge is -1.99. The molecule has 2 nitrogen and oxygen atoms in total. The number of rotatable bonds is 5. The van der Waals surface area contributed by atoms with Crippen LogP contribution in [-0.2, 0) is 4.74 Å². The highest BCUT2D eigenvalue weighted by atomic mass is 16.5. The van der Waals surface area contributed by atoms with Crippen molar-refractivity contribution in [3.63, 3.8) is 0 Å². The molecule has 0 saturated heterocycles. The molecule has 0 spiro atoms. The largest absolute Gasteiger partial charge is 0.367 e. The van der Waals surface area contributed by atoms with Crippen LogP contribution in [0, 0.1) is 12.3 Å². The van der Waals surface area contributed by atoms with Gasteiger partial charge in [0.2, 0.25) is 0 Å². The molecule has 0 aromatic carbocycles. The van der Waals surface area contributed by atoms with E-state index in [2.05, 4.69) is 18.2 Å². The summed E-state index contributed by atoms with van der Waals surface area (Å²) < 4.78 is 4.99. The van der Waals surface area contributed by atoms with Crippen LogP contribution in [0.2, 0.25) is 0 Å². The molecule has 2 heteroatoms. The minimum atomic E-state index is 0.422. The second-order valence-electron chi connectivity index (χ2n) is 1.61. The highest BCUT2D eigenvalue weighted by Crippen LogP contribution is 1.69. The van der Waals surface area contributed by atoms with Gasteiger partial charge in [0.1, 0.15) is 6.61 Å². The molecule has 0 saturated carbocycles. The van der Waals surface area contributed by atoms with Crippen LogP contribution in [0.4, 0.5) is 0 Å². The molecular weight excluding hydrogens is 114 g/mol. The van der Waals surface area contributed by atoms with Crippen LogP contribution in [0.15, 0.2) is 0 Å². The summed E-state index contributed by atoms with van der Waals surface area (Å²) in [5.41, 5.74) is 0. The molecule has 0 aromatic rings. The highest BCUT2D eigenvalue weighted by Gasteiger charge is 1.81. The highest BCUT2D eigenvalue weighted by molar-refractivity contribution is 4.82. The van der Waals surface area contributed by atoms with Crippen molar-refractivity contribution in [2.45, 2.75) is 6.92 Å². The summed E-state index contributed by atoms with van der Waals surface area (Å²) in [6.07, 6.45) is 4.95. The summed E-state index contributed by atoms with van der Waals surface area (Å²) in [4.78, 5) is 0. The summed E-state index contributed by atoms with van der Waals surface area (Å²) in [7, 11) is 0. The van der Waals surface area contributed by atoms with Crippen molar-refractivity contribution in [3.8, 4) is 12.3 Å². The van der Waals surface area contributed by atoms with E-state index in [9.17, 15) is 0 Å². The molecule has 0 amide bonds. The number of terminal acetylenes is 1. The Kier molecular flexibility index (Phi) is 7.05. The van der Waals surface area contributed by atoms with Gasteiger partial charge in [-0.2, -0.15) is 0 Å². The Morgan fingerprint density at radius 3 is 3.00 bits per heavy atom.